The summed E-state index contributed by atoms with van der Waals surface area (Å²) in [6, 6.07) is 4.94. The summed E-state index contributed by atoms with van der Waals surface area (Å²) in [4.78, 5) is 24.5. The van der Waals surface area contributed by atoms with E-state index in [2.05, 4.69) is 25.9 Å². The van der Waals surface area contributed by atoms with Crippen molar-refractivity contribution in [2.75, 3.05) is 49.8 Å². The van der Waals surface area contributed by atoms with Crippen molar-refractivity contribution in [2.45, 2.75) is 25.2 Å². The standard InChI is InChI=1S/C20H26F3N7O/c1-24-18-25-8-6-17(28-18)30-9-7-15(12-30)27-19(31)26-14-5-4-13(11-29(2)3)16(10-14)20(21,22)23/h4-6,8,10,15H,7,9,11-12H2,1-3H3,(H,24,25,28)(H2,26,27,31)/t15-/m0/s1. The fourth-order valence-corrected chi connectivity index (χ4v) is 3.48. The highest BCUT2D eigenvalue weighted by Crippen LogP contribution is 2.34. The van der Waals surface area contributed by atoms with Gasteiger partial charge in [0.15, 0.2) is 0 Å². The van der Waals surface area contributed by atoms with E-state index in [1.54, 1.807) is 38.3 Å². The average molecular weight is 437 g/mol. The number of benzene rings is 1. The van der Waals surface area contributed by atoms with Crippen LogP contribution in [0.4, 0.5) is 35.4 Å². The Balaban J connectivity index is 1.62. The zero-order valence-electron chi connectivity index (χ0n) is 17.6. The first-order valence-corrected chi connectivity index (χ1v) is 9.84. The van der Waals surface area contributed by atoms with E-state index < -0.39 is 17.8 Å². The minimum Gasteiger partial charge on any atom is -0.357 e. The number of nitrogens with zero attached hydrogens (tertiary/aromatic N) is 4. The Morgan fingerprint density at radius 2 is 2.06 bits per heavy atom. The van der Waals surface area contributed by atoms with Crippen LogP contribution in [-0.4, -0.2) is 61.2 Å². The van der Waals surface area contributed by atoms with Crippen LogP contribution in [0.5, 0.6) is 0 Å². The van der Waals surface area contributed by atoms with E-state index in [1.807, 2.05) is 4.90 Å². The quantitative estimate of drug-likeness (QED) is 0.644. The molecule has 1 aromatic heterocycles. The number of amides is 2. The van der Waals surface area contributed by atoms with Gasteiger partial charge in [0, 0.05) is 44.6 Å². The Morgan fingerprint density at radius 3 is 2.74 bits per heavy atom. The second kappa shape index (κ2) is 9.38. The van der Waals surface area contributed by atoms with Crippen molar-refractivity contribution >= 4 is 23.5 Å². The van der Waals surface area contributed by atoms with Gasteiger partial charge in [0.25, 0.3) is 0 Å². The smallest absolute Gasteiger partial charge is 0.357 e. The second-order valence-electron chi connectivity index (χ2n) is 7.63. The lowest BCUT2D eigenvalue weighted by molar-refractivity contribution is -0.138. The molecule has 0 saturated carbocycles. The largest absolute Gasteiger partial charge is 0.416 e. The molecule has 1 atom stereocenters. The predicted octanol–water partition coefficient (Wildman–Crippen LogP) is 3.00. The maximum absolute atomic E-state index is 13.4. The van der Waals surface area contributed by atoms with Crippen LogP contribution in [0.15, 0.2) is 30.5 Å². The molecule has 31 heavy (non-hydrogen) atoms. The molecule has 1 aromatic carbocycles. The molecule has 2 amide bonds. The number of alkyl halides is 3. The SMILES string of the molecule is CNc1nccc(N2CC[C@H](NC(=O)Nc3ccc(CN(C)C)c(C(F)(F)F)c3)C2)n1. The highest BCUT2D eigenvalue weighted by Gasteiger charge is 2.34. The molecule has 2 heterocycles. The van der Waals surface area contributed by atoms with Gasteiger partial charge in [0.1, 0.15) is 5.82 Å². The molecule has 8 nitrogen and oxygen atoms in total. The monoisotopic (exact) mass is 437 g/mol. The summed E-state index contributed by atoms with van der Waals surface area (Å²) in [6.07, 6.45) is -2.16. The predicted molar refractivity (Wildman–Crippen MR) is 113 cm³/mol. The molecule has 0 radical (unpaired) electrons. The van der Waals surface area contributed by atoms with E-state index in [4.69, 9.17) is 0 Å². The van der Waals surface area contributed by atoms with Gasteiger partial charge in [0.05, 0.1) is 5.56 Å². The van der Waals surface area contributed by atoms with E-state index in [9.17, 15) is 18.0 Å². The third kappa shape index (κ3) is 5.97. The van der Waals surface area contributed by atoms with Crippen molar-refractivity contribution < 1.29 is 18.0 Å². The zero-order valence-corrected chi connectivity index (χ0v) is 17.6. The van der Waals surface area contributed by atoms with Crippen LogP contribution in [0.25, 0.3) is 0 Å². The topological polar surface area (TPSA) is 85.4 Å². The number of anilines is 3. The van der Waals surface area contributed by atoms with Crippen molar-refractivity contribution in [3.63, 3.8) is 0 Å². The van der Waals surface area contributed by atoms with Gasteiger partial charge < -0.3 is 25.8 Å². The first-order valence-electron chi connectivity index (χ1n) is 9.84. The number of nitrogens with one attached hydrogen (secondary N) is 3. The Hall–Kier alpha value is -3.08. The minimum atomic E-state index is -4.50. The lowest BCUT2D eigenvalue weighted by Crippen LogP contribution is -2.39. The molecule has 168 valence electrons. The molecule has 0 bridgehead atoms. The van der Waals surface area contributed by atoms with Crippen molar-refractivity contribution in [3.8, 4) is 0 Å². The summed E-state index contributed by atoms with van der Waals surface area (Å²) in [7, 11) is 5.13. The molecule has 0 aliphatic carbocycles. The Bertz CT molecular complexity index is 920. The first-order chi connectivity index (χ1) is 14.7. The van der Waals surface area contributed by atoms with Crippen LogP contribution < -0.4 is 20.9 Å². The van der Waals surface area contributed by atoms with Crippen LogP contribution in [0.3, 0.4) is 0 Å². The van der Waals surface area contributed by atoms with Crippen LogP contribution in [0.2, 0.25) is 0 Å². The Morgan fingerprint density at radius 1 is 1.29 bits per heavy atom. The lowest BCUT2D eigenvalue weighted by atomic mass is 10.1. The summed E-state index contributed by atoms with van der Waals surface area (Å²) in [5.74, 6) is 1.25. The van der Waals surface area contributed by atoms with Gasteiger partial charge in [-0.05, 0) is 44.3 Å². The van der Waals surface area contributed by atoms with Gasteiger partial charge in [0.2, 0.25) is 5.95 Å². The van der Waals surface area contributed by atoms with Crippen molar-refractivity contribution in [2.24, 2.45) is 0 Å². The van der Waals surface area contributed by atoms with Crippen LogP contribution in [-0.2, 0) is 12.7 Å². The van der Waals surface area contributed by atoms with Crippen LogP contribution >= 0.6 is 0 Å². The third-order valence-electron chi connectivity index (χ3n) is 4.87. The average Bonchev–Trinajstić information content (AvgIpc) is 3.16. The van der Waals surface area contributed by atoms with Gasteiger partial charge >= 0.3 is 12.2 Å². The number of hydrogen-bond donors (Lipinski definition) is 3. The summed E-state index contributed by atoms with van der Waals surface area (Å²) in [6.45, 7) is 1.39. The molecule has 3 N–H and O–H groups in total. The maximum atomic E-state index is 13.4. The van der Waals surface area contributed by atoms with Crippen molar-refractivity contribution in [3.05, 3.63) is 41.6 Å². The molecule has 2 aromatic rings. The molecule has 3 rings (SSSR count). The molecule has 11 heteroatoms. The number of carbonyl (C=O) groups is 1. The highest BCUT2D eigenvalue weighted by molar-refractivity contribution is 5.89. The van der Waals surface area contributed by atoms with E-state index in [0.717, 1.165) is 11.9 Å². The van der Waals surface area contributed by atoms with Gasteiger partial charge in [-0.25, -0.2) is 9.78 Å². The normalized spacial score (nSPS) is 16.5. The molecule has 1 fully saturated rings. The van der Waals surface area contributed by atoms with E-state index in [1.165, 1.54) is 12.1 Å². The summed E-state index contributed by atoms with van der Waals surface area (Å²) >= 11 is 0. The Kier molecular flexibility index (Phi) is 6.84. The zero-order chi connectivity index (χ0) is 22.6. The minimum absolute atomic E-state index is 0.0941. The van der Waals surface area contributed by atoms with Crippen molar-refractivity contribution in [1.29, 1.82) is 0 Å². The number of carbonyl (C=O) groups excluding carboxylic acids is 1. The molecule has 0 spiro atoms. The number of urea groups is 1. The van der Waals surface area contributed by atoms with E-state index in [0.29, 0.717) is 25.5 Å². The fraction of sp³-hybridized carbons (Fsp3) is 0.450. The fourth-order valence-electron chi connectivity index (χ4n) is 3.48. The lowest BCUT2D eigenvalue weighted by Gasteiger charge is -2.19. The molecular formula is C20H26F3N7O. The van der Waals surface area contributed by atoms with E-state index >= 15 is 0 Å². The van der Waals surface area contributed by atoms with Gasteiger partial charge in [-0.2, -0.15) is 18.2 Å². The molecule has 1 saturated heterocycles. The third-order valence-corrected chi connectivity index (χ3v) is 4.87. The second-order valence-corrected chi connectivity index (χ2v) is 7.63. The number of hydrogen-bond acceptors (Lipinski definition) is 6. The Labute approximate surface area is 178 Å². The van der Waals surface area contributed by atoms with Crippen molar-refractivity contribution in [1.82, 2.24) is 20.2 Å². The molecule has 0 unspecified atom stereocenters. The van der Waals surface area contributed by atoms with Crippen LogP contribution in [0, 0.1) is 0 Å². The summed E-state index contributed by atoms with van der Waals surface area (Å²) in [5.41, 5.74) is -0.507. The van der Waals surface area contributed by atoms with Crippen LogP contribution in [0.1, 0.15) is 17.5 Å². The van der Waals surface area contributed by atoms with Gasteiger partial charge in [-0.15, -0.1) is 0 Å². The maximum Gasteiger partial charge on any atom is 0.416 e. The van der Waals surface area contributed by atoms with E-state index in [-0.39, 0.29) is 23.8 Å². The summed E-state index contributed by atoms with van der Waals surface area (Å²) < 4.78 is 40.3. The molecule has 1 aliphatic rings. The number of aromatic nitrogens is 2. The first kappa shape index (κ1) is 22.6. The van der Waals surface area contributed by atoms with Gasteiger partial charge in [-0.3, -0.25) is 0 Å². The molecule has 1 aliphatic heterocycles. The van der Waals surface area contributed by atoms with Gasteiger partial charge in [-0.1, -0.05) is 6.07 Å². The summed E-state index contributed by atoms with van der Waals surface area (Å²) in [5, 5.41) is 8.22. The highest BCUT2D eigenvalue weighted by atomic mass is 19.4. The number of halogens is 3. The number of rotatable bonds is 6. The molecular weight excluding hydrogens is 411 g/mol.